The molecule has 2 nitrogen and oxygen atoms in total. The standard InChI is InChI=1S/C16H20N2/c1-2-6-10-9(5-1)13-14(10)18-16-12-8-4-3-7-11(12)15(16)17-13/h9-12H,1-8H2. The van der Waals surface area contributed by atoms with E-state index in [9.17, 15) is 0 Å². The van der Waals surface area contributed by atoms with Gasteiger partial charge in [-0.15, -0.1) is 0 Å². The van der Waals surface area contributed by atoms with Gasteiger partial charge in [-0.3, -0.25) is 9.97 Å². The van der Waals surface area contributed by atoms with Crippen molar-refractivity contribution in [1.82, 2.24) is 9.97 Å². The van der Waals surface area contributed by atoms with Crippen molar-refractivity contribution in [2.24, 2.45) is 0 Å². The Labute approximate surface area is 108 Å². The maximum atomic E-state index is 5.05. The normalized spacial score (nSPS) is 39.6. The van der Waals surface area contributed by atoms with Gasteiger partial charge in [0.1, 0.15) is 0 Å². The zero-order valence-corrected chi connectivity index (χ0v) is 10.9. The summed E-state index contributed by atoms with van der Waals surface area (Å²) >= 11 is 0. The number of fused-ring (bicyclic) bond motifs is 8. The van der Waals surface area contributed by atoms with Gasteiger partial charge < -0.3 is 0 Å². The number of rotatable bonds is 0. The average molecular weight is 240 g/mol. The Kier molecular flexibility index (Phi) is 1.85. The van der Waals surface area contributed by atoms with E-state index in [1.165, 1.54) is 74.1 Å². The molecular formula is C16H20N2. The van der Waals surface area contributed by atoms with E-state index < -0.39 is 0 Å². The second-order valence-corrected chi connectivity index (χ2v) is 6.76. The Morgan fingerprint density at radius 3 is 1.06 bits per heavy atom. The van der Waals surface area contributed by atoms with Crippen LogP contribution in [0.2, 0.25) is 0 Å². The summed E-state index contributed by atoms with van der Waals surface area (Å²) in [6.45, 7) is 0. The van der Waals surface area contributed by atoms with E-state index in [4.69, 9.17) is 9.97 Å². The molecule has 4 atom stereocenters. The molecule has 2 saturated carbocycles. The smallest absolute Gasteiger partial charge is 0.0663 e. The summed E-state index contributed by atoms with van der Waals surface area (Å²) in [6, 6.07) is 0. The molecule has 0 radical (unpaired) electrons. The first-order valence-electron chi connectivity index (χ1n) is 7.85. The van der Waals surface area contributed by atoms with Crippen molar-refractivity contribution in [1.29, 1.82) is 0 Å². The molecule has 0 spiro atoms. The Balaban J connectivity index is 1.59. The predicted molar refractivity (Wildman–Crippen MR) is 69.9 cm³/mol. The van der Waals surface area contributed by atoms with E-state index in [1.807, 2.05) is 0 Å². The van der Waals surface area contributed by atoms with Crippen LogP contribution in [0.1, 0.15) is 97.8 Å². The molecule has 0 bridgehead atoms. The maximum Gasteiger partial charge on any atom is 0.0663 e. The highest BCUT2D eigenvalue weighted by molar-refractivity contribution is 5.44. The van der Waals surface area contributed by atoms with Gasteiger partial charge in [-0.25, -0.2) is 0 Å². The van der Waals surface area contributed by atoms with E-state index >= 15 is 0 Å². The van der Waals surface area contributed by atoms with Crippen LogP contribution >= 0.6 is 0 Å². The van der Waals surface area contributed by atoms with Crippen molar-refractivity contribution in [3.63, 3.8) is 0 Å². The molecule has 4 aliphatic rings. The molecule has 5 rings (SSSR count). The molecule has 18 heavy (non-hydrogen) atoms. The van der Waals surface area contributed by atoms with Crippen LogP contribution in [0.15, 0.2) is 0 Å². The van der Waals surface area contributed by atoms with E-state index in [-0.39, 0.29) is 0 Å². The molecule has 4 unspecified atom stereocenters. The third kappa shape index (κ3) is 1.06. The molecule has 1 aromatic rings. The molecule has 0 amide bonds. The minimum absolute atomic E-state index is 0.786. The first-order chi connectivity index (χ1) is 8.93. The van der Waals surface area contributed by atoms with Gasteiger partial charge in [-0.1, -0.05) is 25.7 Å². The van der Waals surface area contributed by atoms with Crippen molar-refractivity contribution in [3.8, 4) is 0 Å². The Morgan fingerprint density at radius 2 is 0.778 bits per heavy atom. The third-order valence-electron chi connectivity index (χ3n) is 5.94. The highest BCUT2D eigenvalue weighted by Crippen LogP contribution is 2.58. The van der Waals surface area contributed by atoms with Gasteiger partial charge in [0.15, 0.2) is 0 Å². The fourth-order valence-corrected chi connectivity index (χ4v) is 4.96. The molecule has 0 saturated heterocycles. The van der Waals surface area contributed by atoms with E-state index in [0.29, 0.717) is 0 Å². The van der Waals surface area contributed by atoms with Gasteiger partial charge in [0, 0.05) is 23.7 Å². The van der Waals surface area contributed by atoms with Crippen LogP contribution in [0.3, 0.4) is 0 Å². The quantitative estimate of drug-likeness (QED) is 0.685. The molecule has 1 heterocycles. The van der Waals surface area contributed by atoms with Crippen LogP contribution in [0, 0.1) is 0 Å². The summed E-state index contributed by atoms with van der Waals surface area (Å²) in [6.07, 6.45) is 11.1. The van der Waals surface area contributed by atoms with E-state index in [1.54, 1.807) is 0 Å². The van der Waals surface area contributed by atoms with Gasteiger partial charge in [-0.2, -0.15) is 0 Å². The van der Waals surface area contributed by atoms with Crippen molar-refractivity contribution >= 4 is 0 Å². The summed E-state index contributed by atoms with van der Waals surface area (Å²) in [7, 11) is 0. The van der Waals surface area contributed by atoms with Crippen molar-refractivity contribution in [2.75, 3.05) is 0 Å². The number of aromatic nitrogens is 2. The van der Waals surface area contributed by atoms with Crippen LogP contribution in [-0.2, 0) is 0 Å². The predicted octanol–water partition coefficient (Wildman–Crippen LogP) is 3.99. The Hall–Kier alpha value is -0.920. The van der Waals surface area contributed by atoms with Gasteiger partial charge in [0.2, 0.25) is 0 Å². The topological polar surface area (TPSA) is 25.8 Å². The molecule has 4 aliphatic carbocycles. The molecule has 1 aromatic heterocycles. The minimum Gasteiger partial charge on any atom is -0.253 e. The summed E-state index contributed by atoms with van der Waals surface area (Å²) < 4.78 is 0. The molecule has 0 aromatic carbocycles. The average Bonchev–Trinajstić information content (AvgIpc) is 2.41. The zero-order valence-electron chi connectivity index (χ0n) is 10.9. The summed E-state index contributed by atoms with van der Waals surface area (Å²) in [5, 5.41) is 0. The van der Waals surface area contributed by atoms with Crippen LogP contribution < -0.4 is 0 Å². The maximum absolute atomic E-state index is 5.05. The van der Waals surface area contributed by atoms with Crippen LogP contribution in [0.5, 0.6) is 0 Å². The Morgan fingerprint density at radius 1 is 0.500 bits per heavy atom. The first kappa shape index (κ1) is 9.94. The lowest BCUT2D eigenvalue weighted by molar-refractivity contribution is 0.285. The second-order valence-electron chi connectivity index (χ2n) is 6.76. The molecule has 0 N–H and O–H groups in total. The van der Waals surface area contributed by atoms with E-state index in [2.05, 4.69) is 0 Å². The number of hydrogen-bond acceptors (Lipinski definition) is 2. The largest absolute Gasteiger partial charge is 0.253 e. The fraction of sp³-hybridized carbons (Fsp3) is 0.750. The van der Waals surface area contributed by atoms with Crippen LogP contribution in [-0.4, -0.2) is 9.97 Å². The third-order valence-corrected chi connectivity index (χ3v) is 5.94. The molecule has 0 aliphatic heterocycles. The van der Waals surface area contributed by atoms with Gasteiger partial charge in [-0.05, 0) is 25.7 Å². The molecular weight excluding hydrogens is 220 g/mol. The lowest BCUT2D eigenvalue weighted by atomic mass is 9.62. The second kappa shape index (κ2) is 3.34. The first-order valence-corrected chi connectivity index (χ1v) is 7.85. The zero-order chi connectivity index (χ0) is 11.7. The lowest BCUT2D eigenvalue weighted by Crippen LogP contribution is -2.37. The summed E-state index contributed by atoms with van der Waals surface area (Å²) in [4.78, 5) is 10.1. The SMILES string of the molecule is C1CCC2c3nc4c(nc3C2C1)C1CCCCC41. The lowest BCUT2D eigenvalue weighted by Gasteiger charge is -2.47. The summed E-state index contributed by atoms with van der Waals surface area (Å²) in [5.74, 6) is 3.15. The van der Waals surface area contributed by atoms with Crippen LogP contribution in [0.4, 0.5) is 0 Å². The van der Waals surface area contributed by atoms with E-state index in [0.717, 1.165) is 23.7 Å². The van der Waals surface area contributed by atoms with Crippen molar-refractivity contribution in [2.45, 2.75) is 75.0 Å². The summed E-state index contributed by atoms with van der Waals surface area (Å²) in [5.41, 5.74) is 5.62. The van der Waals surface area contributed by atoms with Gasteiger partial charge in [0.25, 0.3) is 0 Å². The van der Waals surface area contributed by atoms with Crippen molar-refractivity contribution in [3.05, 3.63) is 22.8 Å². The highest BCUT2D eigenvalue weighted by atomic mass is 14.9. The molecule has 94 valence electrons. The number of nitrogens with zero attached hydrogens (tertiary/aromatic N) is 2. The molecule has 2 fully saturated rings. The number of hydrogen-bond donors (Lipinski definition) is 0. The monoisotopic (exact) mass is 240 g/mol. The molecule has 2 heteroatoms. The van der Waals surface area contributed by atoms with Crippen LogP contribution in [0.25, 0.3) is 0 Å². The Bertz CT molecular complexity index is 432. The minimum atomic E-state index is 0.786. The van der Waals surface area contributed by atoms with Crippen molar-refractivity contribution < 1.29 is 0 Å². The van der Waals surface area contributed by atoms with Gasteiger partial charge >= 0.3 is 0 Å². The fourth-order valence-electron chi connectivity index (χ4n) is 4.96. The van der Waals surface area contributed by atoms with Gasteiger partial charge in [0.05, 0.1) is 22.8 Å². The highest BCUT2D eigenvalue weighted by Gasteiger charge is 2.48.